The summed E-state index contributed by atoms with van der Waals surface area (Å²) in [5.41, 5.74) is 8.18. The Kier molecular flexibility index (Phi) is 2.56. The van der Waals surface area contributed by atoms with Crippen molar-refractivity contribution in [2.75, 3.05) is 5.73 Å². The molecule has 3 nitrogen and oxygen atoms in total. The van der Waals surface area contributed by atoms with Crippen molar-refractivity contribution in [3.8, 4) is 5.69 Å². The Morgan fingerprint density at radius 2 is 2.00 bits per heavy atom. The van der Waals surface area contributed by atoms with Crippen LogP contribution in [0.15, 0.2) is 46.9 Å². The molecule has 2 aromatic carbocycles. The first-order valence-electron chi connectivity index (χ1n) is 5.34. The number of nitrogen functional groups attached to an aromatic ring is 1. The topological polar surface area (TPSA) is 43.8 Å². The minimum atomic E-state index is -0.302. The number of rotatable bonds is 1. The number of fused-ring (bicyclic) bond motifs is 1. The van der Waals surface area contributed by atoms with Crippen LogP contribution in [-0.2, 0) is 0 Å². The number of hydrogen-bond donors (Lipinski definition) is 1. The van der Waals surface area contributed by atoms with E-state index in [0.29, 0.717) is 11.6 Å². The van der Waals surface area contributed by atoms with Gasteiger partial charge < -0.3 is 5.73 Å². The Bertz CT molecular complexity index is 736. The van der Waals surface area contributed by atoms with Gasteiger partial charge in [-0.3, -0.25) is 4.57 Å². The molecule has 3 aromatic rings. The number of nitrogens with two attached hydrogens (primary N) is 1. The molecule has 0 saturated heterocycles. The summed E-state index contributed by atoms with van der Waals surface area (Å²) in [7, 11) is 0. The van der Waals surface area contributed by atoms with Crippen molar-refractivity contribution in [1.82, 2.24) is 9.55 Å². The number of benzene rings is 2. The second-order valence-corrected chi connectivity index (χ2v) is 4.83. The van der Waals surface area contributed by atoms with Crippen molar-refractivity contribution in [3.63, 3.8) is 0 Å². The standard InChI is InChI=1S/C13H9BrFN3/c14-8-4-5-11-12(6-8)18(13(16)17-11)10-3-1-2-9(15)7-10/h1-7H,(H2,16,17). The highest BCUT2D eigenvalue weighted by atomic mass is 79.9. The highest BCUT2D eigenvalue weighted by molar-refractivity contribution is 9.10. The lowest BCUT2D eigenvalue weighted by atomic mass is 10.2. The molecule has 18 heavy (non-hydrogen) atoms. The molecule has 1 aromatic heterocycles. The zero-order valence-electron chi connectivity index (χ0n) is 9.27. The van der Waals surface area contributed by atoms with Gasteiger partial charge in [0.05, 0.1) is 16.7 Å². The molecular weight excluding hydrogens is 297 g/mol. The predicted octanol–water partition coefficient (Wildman–Crippen LogP) is 3.51. The molecule has 0 fully saturated rings. The van der Waals surface area contributed by atoms with Gasteiger partial charge in [0.15, 0.2) is 0 Å². The Morgan fingerprint density at radius 1 is 1.17 bits per heavy atom. The summed E-state index contributed by atoms with van der Waals surface area (Å²) in [4.78, 5) is 4.26. The second-order valence-electron chi connectivity index (χ2n) is 3.92. The highest BCUT2D eigenvalue weighted by Gasteiger charge is 2.10. The normalized spacial score (nSPS) is 11.0. The summed E-state index contributed by atoms with van der Waals surface area (Å²) < 4.78 is 15.9. The number of imidazole rings is 1. The predicted molar refractivity (Wildman–Crippen MR) is 73.1 cm³/mol. The molecule has 3 rings (SSSR count). The average Bonchev–Trinajstić information content (AvgIpc) is 2.64. The molecular formula is C13H9BrFN3. The van der Waals surface area contributed by atoms with Crippen LogP contribution in [0.25, 0.3) is 16.7 Å². The lowest BCUT2D eigenvalue weighted by Crippen LogP contribution is -2.00. The number of hydrogen-bond acceptors (Lipinski definition) is 2. The van der Waals surface area contributed by atoms with Crippen LogP contribution < -0.4 is 5.73 Å². The van der Waals surface area contributed by atoms with Crippen LogP contribution in [0.2, 0.25) is 0 Å². The summed E-state index contributed by atoms with van der Waals surface area (Å²) in [5, 5.41) is 0. The van der Waals surface area contributed by atoms with Gasteiger partial charge in [0.25, 0.3) is 0 Å². The lowest BCUT2D eigenvalue weighted by Gasteiger charge is -2.06. The summed E-state index contributed by atoms with van der Waals surface area (Å²) in [5.74, 6) is 0.0393. The number of halogens is 2. The van der Waals surface area contributed by atoms with Crippen LogP contribution >= 0.6 is 15.9 Å². The molecule has 0 saturated carbocycles. The van der Waals surface area contributed by atoms with Crippen molar-refractivity contribution < 1.29 is 4.39 Å². The van der Waals surface area contributed by atoms with E-state index in [1.54, 1.807) is 16.7 Å². The summed E-state index contributed by atoms with van der Waals surface area (Å²) in [6.45, 7) is 0. The van der Waals surface area contributed by atoms with E-state index in [9.17, 15) is 4.39 Å². The first kappa shape index (κ1) is 11.2. The molecule has 0 amide bonds. The van der Waals surface area contributed by atoms with Gasteiger partial charge in [0.2, 0.25) is 5.95 Å². The van der Waals surface area contributed by atoms with Gasteiger partial charge >= 0.3 is 0 Å². The molecule has 0 aliphatic heterocycles. The number of nitrogens with zero attached hydrogens (tertiary/aromatic N) is 2. The smallest absolute Gasteiger partial charge is 0.205 e. The van der Waals surface area contributed by atoms with Crippen molar-refractivity contribution in [2.45, 2.75) is 0 Å². The minimum absolute atomic E-state index is 0.302. The maximum atomic E-state index is 13.3. The van der Waals surface area contributed by atoms with Gasteiger partial charge in [-0.15, -0.1) is 0 Å². The molecule has 90 valence electrons. The van der Waals surface area contributed by atoms with Gasteiger partial charge in [0, 0.05) is 4.47 Å². The molecule has 0 unspecified atom stereocenters. The third-order valence-corrected chi connectivity index (χ3v) is 3.20. The maximum absolute atomic E-state index is 13.3. The van der Waals surface area contributed by atoms with Crippen molar-refractivity contribution in [3.05, 3.63) is 52.8 Å². The van der Waals surface area contributed by atoms with E-state index in [2.05, 4.69) is 20.9 Å². The molecule has 0 bridgehead atoms. The largest absolute Gasteiger partial charge is 0.369 e. The first-order chi connectivity index (χ1) is 8.65. The number of aromatic nitrogens is 2. The zero-order chi connectivity index (χ0) is 12.7. The average molecular weight is 306 g/mol. The molecule has 0 spiro atoms. The van der Waals surface area contributed by atoms with Gasteiger partial charge in [-0.25, -0.2) is 9.37 Å². The monoisotopic (exact) mass is 305 g/mol. The van der Waals surface area contributed by atoms with Crippen molar-refractivity contribution in [2.24, 2.45) is 0 Å². The van der Waals surface area contributed by atoms with Crippen LogP contribution in [-0.4, -0.2) is 9.55 Å². The van der Waals surface area contributed by atoms with Crippen LogP contribution in [0.1, 0.15) is 0 Å². The lowest BCUT2D eigenvalue weighted by molar-refractivity contribution is 0.627. The fourth-order valence-corrected chi connectivity index (χ4v) is 2.30. The van der Waals surface area contributed by atoms with Gasteiger partial charge in [-0.2, -0.15) is 0 Å². The number of anilines is 1. The molecule has 0 radical (unpaired) electrons. The third-order valence-electron chi connectivity index (χ3n) is 2.71. The van der Waals surface area contributed by atoms with E-state index in [4.69, 9.17) is 5.73 Å². The third kappa shape index (κ3) is 1.76. The van der Waals surface area contributed by atoms with Crippen LogP contribution in [0.5, 0.6) is 0 Å². The van der Waals surface area contributed by atoms with Gasteiger partial charge in [-0.05, 0) is 36.4 Å². The quantitative estimate of drug-likeness (QED) is 0.747. The van der Waals surface area contributed by atoms with Crippen LogP contribution in [0.3, 0.4) is 0 Å². The Morgan fingerprint density at radius 3 is 2.78 bits per heavy atom. The molecule has 1 heterocycles. The van der Waals surface area contributed by atoms with Crippen molar-refractivity contribution in [1.29, 1.82) is 0 Å². The molecule has 0 atom stereocenters. The summed E-state index contributed by atoms with van der Waals surface area (Å²) in [6.07, 6.45) is 0. The summed E-state index contributed by atoms with van der Waals surface area (Å²) >= 11 is 3.41. The van der Waals surface area contributed by atoms with Crippen LogP contribution in [0, 0.1) is 5.82 Å². The van der Waals surface area contributed by atoms with E-state index in [0.717, 1.165) is 15.5 Å². The van der Waals surface area contributed by atoms with Crippen LogP contribution in [0.4, 0.5) is 10.3 Å². The zero-order valence-corrected chi connectivity index (χ0v) is 10.9. The van der Waals surface area contributed by atoms with E-state index in [-0.39, 0.29) is 5.82 Å². The molecule has 0 aliphatic carbocycles. The fraction of sp³-hybridized carbons (Fsp3) is 0. The Balaban J connectivity index is 2.34. The SMILES string of the molecule is Nc1nc2ccc(Br)cc2n1-c1cccc(F)c1. The molecule has 2 N–H and O–H groups in total. The minimum Gasteiger partial charge on any atom is -0.369 e. The second kappa shape index (κ2) is 4.10. The van der Waals surface area contributed by atoms with Gasteiger partial charge in [-0.1, -0.05) is 22.0 Å². The Hall–Kier alpha value is -1.88. The van der Waals surface area contributed by atoms with Crippen molar-refractivity contribution >= 4 is 32.9 Å². The molecule has 5 heteroatoms. The Labute approximate surface area is 111 Å². The highest BCUT2D eigenvalue weighted by Crippen LogP contribution is 2.25. The fourth-order valence-electron chi connectivity index (χ4n) is 1.95. The first-order valence-corrected chi connectivity index (χ1v) is 6.14. The van der Waals surface area contributed by atoms with Gasteiger partial charge in [0.1, 0.15) is 5.82 Å². The van der Waals surface area contributed by atoms with E-state index in [1.165, 1.54) is 12.1 Å². The summed E-state index contributed by atoms with van der Waals surface area (Å²) in [6, 6.07) is 11.9. The van der Waals surface area contributed by atoms with E-state index >= 15 is 0 Å². The van der Waals surface area contributed by atoms with E-state index in [1.807, 2.05) is 18.2 Å². The molecule has 0 aliphatic rings. The maximum Gasteiger partial charge on any atom is 0.205 e. The van der Waals surface area contributed by atoms with E-state index < -0.39 is 0 Å².